The van der Waals surface area contributed by atoms with Crippen LogP contribution >= 0.6 is 23.2 Å². The number of aromatic carboxylic acids is 1. The molecule has 0 radical (unpaired) electrons. The van der Waals surface area contributed by atoms with Crippen molar-refractivity contribution >= 4 is 29.2 Å². The van der Waals surface area contributed by atoms with Crippen LogP contribution in [0.25, 0.3) is 5.69 Å². The topological polar surface area (TPSA) is 70.8 Å². The lowest BCUT2D eigenvalue weighted by Gasteiger charge is -2.05. The third kappa shape index (κ3) is 2.25. The number of nitrogens with zero attached hydrogens (tertiary/aromatic N) is 3. The van der Waals surface area contributed by atoms with Gasteiger partial charge in [-0.1, -0.05) is 23.2 Å². The van der Waals surface area contributed by atoms with E-state index < -0.39 is 5.97 Å². The number of benzene rings is 1. The predicted octanol–water partition coefficient (Wildman–Crippen LogP) is 1.25. The summed E-state index contributed by atoms with van der Waals surface area (Å²) in [7, 11) is 0. The van der Waals surface area contributed by atoms with E-state index in [1.165, 1.54) is 10.7 Å². The Kier molecular flexibility index (Phi) is 3.04. The molecule has 0 aliphatic carbocycles. The van der Waals surface area contributed by atoms with Crippen LogP contribution in [0.15, 0.2) is 18.2 Å². The molecule has 0 fully saturated rings. The van der Waals surface area contributed by atoms with Crippen molar-refractivity contribution in [2.45, 2.75) is 6.92 Å². The van der Waals surface area contributed by atoms with Crippen molar-refractivity contribution in [2.24, 2.45) is 0 Å². The first-order chi connectivity index (χ1) is 7.99. The Hall–Kier alpha value is -1.59. The maximum Gasteiger partial charge on any atom is 0.197 e. The number of carbonyl (C=O) groups is 1. The number of hydrogen-bond acceptors (Lipinski definition) is 4. The molecule has 0 atom stereocenters. The van der Waals surface area contributed by atoms with E-state index in [1.807, 2.05) is 0 Å². The minimum atomic E-state index is -1.43. The molecule has 0 aliphatic heterocycles. The molecule has 17 heavy (non-hydrogen) atoms. The first-order valence-electron chi connectivity index (χ1n) is 4.59. The summed E-state index contributed by atoms with van der Waals surface area (Å²) in [4.78, 5) is 14.4. The fourth-order valence-electron chi connectivity index (χ4n) is 1.36. The highest BCUT2D eigenvalue weighted by molar-refractivity contribution is 6.35. The minimum Gasteiger partial charge on any atom is -0.541 e. The normalized spacial score (nSPS) is 10.5. The van der Waals surface area contributed by atoms with Gasteiger partial charge in [0.1, 0.15) is 11.8 Å². The van der Waals surface area contributed by atoms with Crippen molar-refractivity contribution in [2.75, 3.05) is 0 Å². The Morgan fingerprint density at radius 2 is 2.12 bits per heavy atom. The third-order valence-electron chi connectivity index (χ3n) is 2.09. The second-order valence-electron chi connectivity index (χ2n) is 3.28. The monoisotopic (exact) mass is 270 g/mol. The molecule has 0 saturated heterocycles. The lowest BCUT2D eigenvalue weighted by molar-refractivity contribution is -0.256. The predicted molar refractivity (Wildman–Crippen MR) is 60.4 cm³/mol. The molecular formula is C10H6Cl2N3O2-. The molecule has 2 rings (SSSR count). The Balaban J connectivity index is 2.56. The molecule has 1 heterocycles. The number of carboxylic acid groups (broad SMARTS) is 1. The molecule has 2 aromatic rings. The highest BCUT2D eigenvalue weighted by Crippen LogP contribution is 2.24. The van der Waals surface area contributed by atoms with Gasteiger partial charge in [0, 0.05) is 5.02 Å². The van der Waals surface area contributed by atoms with E-state index in [-0.39, 0.29) is 5.82 Å². The van der Waals surface area contributed by atoms with Gasteiger partial charge in [0.05, 0.1) is 10.7 Å². The maximum atomic E-state index is 10.6. The molecule has 1 aromatic carbocycles. The van der Waals surface area contributed by atoms with Crippen molar-refractivity contribution in [3.8, 4) is 5.69 Å². The summed E-state index contributed by atoms with van der Waals surface area (Å²) < 4.78 is 1.32. The van der Waals surface area contributed by atoms with E-state index >= 15 is 0 Å². The number of hydrogen-bond donors (Lipinski definition) is 0. The van der Waals surface area contributed by atoms with Gasteiger partial charge < -0.3 is 9.90 Å². The van der Waals surface area contributed by atoms with E-state index in [4.69, 9.17) is 23.2 Å². The van der Waals surface area contributed by atoms with Crippen LogP contribution in [0.5, 0.6) is 0 Å². The van der Waals surface area contributed by atoms with E-state index in [9.17, 15) is 9.90 Å². The molecule has 0 amide bonds. The lowest BCUT2D eigenvalue weighted by atomic mass is 10.3. The second kappa shape index (κ2) is 4.35. The molecule has 0 N–H and O–H groups in total. The van der Waals surface area contributed by atoms with Crippen molar-refractivity contribution in [3.05, 3.63) is 39.9 Å². The first-order valence-corrected chi connectivity index (χ1v) is 5.35. The molecule has 0 saturated carbocycles. The Morgan fingerprint density at radius 3 is 2.65 bits per heavy atom. The Labute approximate surface area is 107 Å². The summed E-state index contributed by atoms with van der Waals surface area (Å²) >= 11 is 11.8. The van der Waals surface area contributed by atoms with Crippen LogP contribution in [0, 0.1) is 6.92 Å². The van der Waals surface area contributed by atoms with Gasteiger partial charge in [-0.05, 0) is 25.1 Å². The molecule has 0 unspecified atom stereocenters. The Bertz CT molecular complexity index is 595. The summed E-state index contributed by atoms with van der Waals surface area (Å²) in [5, 5.41) is 15.3. The zero-order valence-corrected chi connectivity index (χ0v) is 10.2. The zero-order chi connectivity index (χ0) is 12.6. The van der Waals surface area contributed by atoms with Gasteiger partial charge in [0.2, 0.25) is 0 Å². The van der Waals surface area contributed by atoms with E-state index in [2.05, 4.69) is 10.1 Å². The van der Waals surface area contributed by atoms with Gasteiger partial charge in [0.15, 0.2) is 5.82 Å². The SMILES string of the molecule is Cc1nc(C(=O)[O-])nn1-c1ccc(Cl)cc1Cl. The summed E-state index contributed by atoms with van der Waals surface area (Å²) in [5.41, 5.74) is 0.508. The van der Waals surface area contributed by atoms with Crippen LogP contribution in [0.2, 0.25) is 10.0 Å². The fourth-order valence-corrected chi connectivity index (χ4v) is 1.85. The minimum absolute atomic E-state index is 0.357. The number of carboxylic acids is 1. The molecular weight excluding hydrogens is 265 g/mol. The van der Waals surface area contributed by atoms with Gasteiger partial charge in [-0.3, -0.25) is 0 Å². The number of carbonyl (C=O) groups excluding carboxylic acids is 1. The van der Waals surface area contributed by atoms with Crippen molar-refractivity contribution in [1.29, 1.82) is 0 Å². The highest BCUT2D eigenvalue weighted by atomic mass is 35.5. The highest BCUT2D eigenvalue weighted by Gasteiger charge is 2.11. The molecule has 88 valence electrons. The van der Waals surface area contributed by atoms with Gasteiger partial charge in [-0.25, -0.2) is 9.67 Å². The van der Waals surface area contributed by atoms with Crippen LogP contribution in [0.3, 0.4) is 0 Å². The molecule has 1 aromatic heterocycles. The van der Waals surface area contributed by atoms with Crippen LogP contribution in [-0.2, 0) is 0 Å². The van der Waals surface area contributed by atoms with Crippen molar-refractivity contribution in [3.63, 3.8) is 0 Å². The maximum absolute atomic E-state index is 10.6. The second-order valence-corrected chi connectivity index (χ2v) is 4.12. The van der Waals surface area contributed by atoms with Crippen molar-refractivity contribution < 1.29 is 9.90 Å². The lowest BCUT2D eigenvalue weighted by Crippen LogP contribution is -2.24. The smallest absolute Gasteiger partial charge is 0.197 e. The van der Waals surface area contributed by atoms with Gasteiger partial charge in [-0.2, -0.15) is 0 Å². The van der Waals surface area contributed by atoms with E-state index in [0.717, 1.165) is 0 Å². The quantitative estimate of drug-likeness (QED) is 0.824. The number of rotatable bonds is 2. The number of aryl methyl sites for hydroxylation is 1. The molecule has 0 bridgehead atoms. The average Bonchev–Trinajstić information content (AvgIpc) is 2.61. The third-order valence-corrected chi connectivity index (χ3v) is 2.63. The number of aromatic nitrogens is 3. The molecule has 5 nitrogen and oxygen atoms in total. The fraction of sp³-hybridized carbons (Fsp3) is 0.100. The van der Waals surface area contributed by atoms with Crippen molar-refractivity contribution in [1.82, 2.24) is 14.8 Å². The molecule has 0 aliphatic rings. The first kappa shape index (κ1) is 11.9. The summed E-state index contributed by atoms with van der Waals surface area (Å²) in [5.74, 6) is -1.42. The van der Waals surface area contributed by atoms with Gasteiger partial charge >= 0.3 is 0 Å². The van der Waals surface area contributed by atoms with Crippen LogP contribution < -0.4 is 5.11 Å². The summed E-state index contributed by atoms with van der Waals surface area (Å²) in [6.45, 7) is 1.62. The summed E-state index contributed by atoms with van der Waals surface area (Å²) in [6.07, 6.45) is 0. The molecule has 7 heteroatoms. The van der Waals surface area contributed by atoms with Crippen LogP contribution in [0.1, 0.15) is 16.4 Å². The van der Waals surface area contributed by atoms with E-state index in [0.29, 0.717) is 21.6 Å². The summed E-state index contributed by atoms with van der Waals surface area (Å²) in [6, 6.07) is 4.80. The number of halogens is 2. The standard InChI is InChI=1S/C10H7Cl2N3O2/c1-5-13-9(10(16)17)14-15(5)8-3-2-6(11)4-7(8)12/h2-4H,1H3,(H,16,17)/p-1. The van der Waals surface area contributed by atoms with E-state index in [1.54, 1.807) is 19.1 Å². The van der Waals surface area contributed by atoms with Crippen LogP contribution in [0.4, 0.5) is 0 Å². The van der Waals surface area contributed by atoms with Crippen LogP contribution in [-0.4, -0.2) is 20.7 Å². The average molecular weight is 271 g/mol. The van der Waals surface area contributed by atoms with Gasteiger partial charge in [-0.15, -0.1) is 5.10 Å². The molecule has 0 spiro atoms. The zero-order valence-electron chi connectivity index (χ0n) is 8.65. The van der Waals surface area contributed by atoms with Gasteiger partial charge in [0.25, 0.3) is 0 Å². The Morgan fingerprint density at radius 1 is 1.41 bits per heavy atom. The largest absolute Gasteiger partial charge is 0.541 e.